The number of carbonyl (C=O) groups is 1. The number of hydrogen-bond donors (Lipinski definition) is 3. The van der Waals surface area contributed by atoms with Crippen LogP contribution in [0.2, 0.25) is 0 Å². The molecule has 0 aliphatic rings. The maximum absolute atomic E-state index is 9.97. The van der Waals surface area contributed by atoms with Crippen molar-refractivity contribution in [3.05, 3.63) is 0 Å². The summed E-state index contributed by atoms with van der Waals surface area (Å²) in [5, 5.41) is 16.4. The Morgan fingerprint density at radius 2 is 2.08 bits per heavy atom. The number of isocyanates is 1. The molecule has 0 spiro atoms. The second kappa shape index (κ2) is 13.4. The molecule has 0 saturated carbocycles. The number of carboxylic acid groups (broad SMARTS) is 1. The van der Waals surface area contributed by atoms with E-state index in [1.165, 1.54) is 12.8 Å². The van der Waals surface area contributed by atoms with Crippen molar-refractivity contribution in [1.82, 2.24) is 5.32 Å². The van der Waals surface area contributed by atoms with E-state index in [-0.39, 0.29) is 6.54 Å². The number of rotatable bonds is 6. The van der Waals surface area contributed by atoms with Crippen molar-refractivity contribution < 1.29 is 14.7 Å². The lowest BCUT2D eigenvalue weighted by Gasteiger charge is -1.98. The molecule has 0 aliphatic heterocycles. The number of nitrogens with one attached hydrogen (secondary N) is 2. The molecule has 0 radical (unpaired) electrons. The quantitative estimate of drug-likeness (QED) is 0.326. The number of carboxylic acids is 1. The third-order valence-electron chi connectivity index (χ3n) is 1.23. The molecule has 0 aromatic heterocycles. The molecule has 13 heavy (non-hydrogen) atoms. The van der Waals surface area contributed by atoms with Crippen LogP contribution >= 0.6 is 0 Å². The molecule has 0 fully saturated rings. The van der Waals surface area contributed by atoms with Gasteiger partial charge in [-0.05, 0) is 13.0 Å². The van der Waals surface area contributed by atoms with Crippen molar-refractivity contribution in [1.29, 1.82) is 5.41 Å². The molecular weight excluding hydrogens is 172 g/mol. The predicted molar refractivity (Wildman–Crippen MR) is 48.4 cm³/mol. The fraction of sp³-hybridized carbons (Fsp3) is 0.750. The average molecular weight is 188 g/mol. The lowest BCUT2D eigenvalue weighted by molar-refractivity contribution is -0.135. The van der Waals surface area contributed by atoms with Crippen LogP contribution in [0.15, 0.2) is 0 Å². The first-order valence-corrected chi connectivity index (χ1v) is 4.15. The highest BCUT2D eigenvalue weighted by Gasteiger charge is 1.92. The van der Waals surface area contributed by atoms with Crippen LogP contribution in [0.5, 0.6) is 0 Å². The van der Waals surface area contributed by atoms with Crippen LogP contribution in [0.1, 0.15) is 26.2 Å². The largest absolute Gasteiger partial charge is 0.480 e. The topological polar surface area (TPSA) is 90.2 Å². The molecule has 3 N–H and O–H groups in total. The molecule has 0 rings (SSSR count). The molecule has 0 heterocycles. The van der Waals surface area contributed by atoms with Crippen LogP contribution in [0.4, 0.5) is 0 Å². The third-order valence-corrected chi connectivity index (χ3v) is 1.23. The third kappa shape index (κ3) is 24.9. The highest BCUT2D eigenvalue weighted by atomic mass is 16.4. The van der Waals surface area contributed by atoms with Crippen molar-refractivity contribution in [3.63, 3.8) is 0 Å². The summed E-state index contributed by atoms with van der Waals surface area (Å²) in [6.07, 6.45) is 4.17. The normalized spacial score (nSPS) is 8.08. The zero-order chi connectivity index (χ0) is 10.5. The zero-order valence-electron chi connectivity index (χ0n) is 7.80. The summed E-state index contributed by atoms with van der Waals surface area (Å²) >= 11 is 0. The SMILES string of the molecule is CCCCCNCC(=O)O.N=C=O. The Labute approximate surface area is 77.7 Å². The van der Waals surface area contributed by atoms with E-state index in [1.54, 1.807) is 0 Å². The molecule has 0 amide bonds. The van der Waals surface area contributed by atoms with E-state index in [9.17, 15) is 4.79 Å². The van der Waals surface area contributed by atoms with Gasteiger partial charge in [-0.2, -0.15) is 0 Å². The van der Waals surface area contributed by atoms with Crippen LogP contribution in [-0.2, 0) is 9.59 Å². The Balaban J connectivity index is 0. The van der Waals surface area contributed by atoms with Crippen molar-refractivity contribution >= 4 is 12.0 Å². The Bertz CT molecular complexity index is 153. The van der Waals surface area contributed by atoms with Crippen molar-refractivity contribution in [2.24, 2.45) is 0 Å². The van der Waals surface area contributed by atoms with Crippen LogP contribution < -0.4 is 5.32 Å². The highest BCUT2D eigenvalue weighted by Crippen LogP contribution is 1.90. The van der Waals surface area contributed by atoms with Gasteiger partial charge >= 0.3 is 5.97 Å². The molecule has 0 aromatic rings. The maximum atomic E-state index is 9.97. The van der Waals surface area contributed by atoms with E-state index in [0.29, 0.717) is 0 Å². The lowest BCUT2D eigenvalue weighted by Crippen LogP contribution is -2.23. The van der Waals surface area contributed by atoms with Gasteiger partial charge in [-0.3, -0.25) is 4.79 Å². The van der Waals surface area contributed by atoms with Gasteiger partial charge in [-0.25, -0.2) is 10.2 Å². The standard InChI is InChI=1S/C7H15NO2.CHNO/c1-2-3-4-5-8-6-7(9)10;2-1-3/h8H,2-6H2,1H3,(H,9,10);2H. The van der Waals surface area contributed by atoms with Gasteiger partial charge in [0.15, 0.2) is 0 Å². The number of hydrogen-bond acceptors (Lipinski definition) is 4. The van der Waals surface area contributed by atoms with Crippen molar-refractivity contribution in [2.45, 2.75) is 26.2 Å². The molecule has 76 valence electrons. The Morgan fingerprint density at radius 1 is 1.54 bits per heavy atom. The molecule has 0 unspecified atom stereocenters. The number of aliphatic carboxylic acids is 1. The summed E-state index contributed by atoms with van der Waals surface area (Å²) in [6, 6.07) is 0. The Hall–Kier alpha value is -1.19. The first kappa shape index (κ1) is 14.3. The summed E-state index contributed by atoms with van der Waals surface area (Å²) in [5.74, 6) is -0.781. The molecule has 0 aromatic carbocycles. The van der Waals surface area contributed by atoms with Gasteiger partial charge in [0.05, 0.1) is 6.54 Å². The van der Waals surface area contributed by atoms with Crippen LogP contribution in [0.3, 0.4) is 0 Å². The van der Waals surface area contributed by atoms with E-state index in [1.807, 2.05) is 0 Å². The molecule has 0 saturated heterocycles. The fourth-order valence-corrected chi connectivity index (χ4v) is 0.695. The van der Waals surface area contributed by atoms with Gasteiger partial charge in [-0.1, -0.05) is 19.8 Å². The molecule has 0 atom stereocenters. The lowest BCUT2D eigenvalue weighted by atomic mass is 10.2. The molecule has 0 aliphatic carbocycles. The van der Waals surface area contributed by atoms with Crippen molar-refractivity contribution in [3.8, 4) is 0 Å². The molecule has 5 nitrogen and oxygen atoms in total. The molecule has 5 heteroatoms. The van der Waals surface area contributed by atoms with Crippen LogP contribution in [0.25, 0.3) is 0 Å². The predicted octanol–water partition coefficient (Wildman–Crippen LogP) is 0.752. The van der Waals surface area contributed by atoms with Gasteiger partial charge in [0.25, 0.3) is 0 Å². The van der Waals surface area contributed by atoms with Gasteiger partial charge < -0.3 is 10.4 Å². The molecular formula is C8H16N2O3. The minimum atomic E-state index is -0.781. The number of unbranched alkanes of at least 4 members (excludes halogenated alkanes) is 2. The van der Waals surface area contributed by atoms with E-state index in [4.69, 9.17) is 15.3 Å². The first-order chi connectivity index (χ1) is 6.18. The van der Waals surface area contributed by atoms with Crippen LogP contribution in [-0.4, -0.2) is 30.2 Å². The van der Waals surface area contributed by atoms with E-state index >= 15 is 0 Å². The average Bonchev–Trinajstić information content (AvgIpc) is 2.05. The summed E-state index contributed by atoms with van der Waals surface area (Å²) < 4.78 is 0. The fourth-order valence-electron chi connectivity index (χ4n) is 0.695. The minimum absolute atomic E-state index is 0.0870. The smallest absolute Gasteiger partial charge is 0.317 e. The second-order valence-corrected chi connectivity index (χ2v) is 2.38. The summed E-state index contributed by atoms with van der Waals surface area (Å²) in [5.41, 5.74) is 0. The second-order valence-electron chi connectivity index (χ2n) is 2.38. The van der Waals surface area contributed by atoms with Gasteiger partial charge in [0, 0.05) is 0 Å². The number of carbonyl (C=O) groups excluding carboxylic acids is 1. The van der Waals surface area contributed by atoms with E-state index in [2.05, 4.69) is 12.2 Å². The van der Waals surface area contributed by atoms with Crippen molar-refractivity contribution in [2.75, 3.05) is 13.1 Å². The van der Waals surface area contributed by atoms with Gasteiger partial charge in [0.2, 0.25) is 6.08 Å². The van der Waals surface area contributed by atoms with Gasteiger partial charge in [0.1, 0.15) is 0 Å². The summed E-state index contributed by atoms with van der Waals surface area (Å²) in [4.78, 5) is 18.3. The Morgan fingerprint density at radius 3 is 2.46 bits per heavy atom. The monoisotopic (exact) mass is 188 g/mol. The summed E-state index contributed by atoms with van der Waals surface area (Å²) in [7, 11) is 0. The molecule has 0 bridgehead atoms. The van der Waals surface area contributed by atoms with E-state index in [0.717, 1.165) is 19.0 Å². The van der Waals surface area contributed by atoms with E-state index < -0.39 is 5.97 Å². The maximum Gasteiger partial charge on any atom is 0.317 e. The zero-order valence-corrected chi connectivity index (χ0v) is 7.80. The first-order valence-electron chi connectivity index (χ1n) is 4.15. The highest BCUT2D eigenvalue weighted by molar-refractivity contribution is 5.68. The summed E-state index contributed by atoms with van der Waals surface area (Å²) in [6.45, 7) is 3.03. The van der Waals surface area contributed by atoms with Gasteiger partial charge in [-0.15, -0.1) is 0 Å². The van der Waals surface area contributed by atoms with Crippen LogP contribution in [0, 0.1) is 5.41 Å². The Kier molecular flexibility index (Phi) is 14.8. The minimum Gasteiger partial charge on any atom is -0.480 e.